The van der Waals surface area contributed by atoms with Gasteiger partial charge >= 0.3 is 0 Å². The summed E-state index contributed by atoms with van der Waals surface area (Å²) in [4.78, 5) is 0. The Balaban J connectivity index is 1.98. The highest BCUT2D eigenvalue weighted by atomic mass is 16.5. The Bertz CT molecular complexity index is 168. The molecular weight excluding hydrogens is 140 g/mol. The molecule has 2 nitrogen and oxygen atoms in total. The van der Waals surface area contributed by atoms with E-state index < -0.39 is 0 Å². The second-order valence-corrected chi connectivity index (χ2v) is 3.41. The molecule has 2 unspecified atom stereocenters. The minimum Gasteiger partial charge on any atom is -0.389 e. The molecule has 0 amide bonds. The van der Waals surface area contributed by atoms with Gasteiger partial charge in [0.15, 0.2) is 0 Å². The van der Waals surface area contributed by atoms with Crippen molar-refractivity contribution in [3.63, 3.8) is 0 Å². The summed E-state index contributed by atoms with van der Waals surface area (Å²) >= 11 is 0. The lowest BCUT2D eigenvalue weighted by Crippen LogP contribution is -2.01. The fraction of sp³-hybridized carbons (Fsp3) is 0.778. The van der Waals surface area contributed by atoms with E-state index in [1.165, 1.54) is 5.57 Å². The van der Waals surface area contributed by atoms with E-state index in [-0.39, 0.29) is 6.10 Å². The quantitative estimate of drug-likeness (QED) is 0.573. The average molecular weight is 154 g/mol. The summed E-state index contributed by atoms with van der Waals surface area (Å²) in [7, 11) is 0. The number of hydrogen-bond acceptors (Lipinski definition) is 2. The smallest absolute Gasteiger partial charge is 0.0726 e. The lowest BCUT2D eigenvalue weighted by Gasteiger charge is -2.06. The van der Waals surface area contributed by atoms with Crippen LogP contribution in [0.5, 0.6) is 0 Å². The van der Waals surface area contributed by atoms with Gasteiger partial charge in [-0.25, -0.2) is 0 Å². The van der Waals surface area contributed by atoms with Crippen molar-refractivity contribution in [2.75, 3.05) is 13.2 Å². The number of hydrogen-bond donors (Lipinski definition) is 1. The van der Waals surface area contributed by atoms with E-state index in [0.29, 0.717) is 5.92 Å². The monoisotopic (exact) mass is 154 g/mol. The lowest BCUT2D eigenvalue weighted by molar-refractivity contribution is 0.190. The first-order valence-corrected chi connectivity index (χ1v) is 4.32. The molecule has 0 aromatic rings. The van der Waals surface area contributed by atoms with Crippen LogP contribution in [0.25, 0.3) is 0 Å². The molecule has 0 aromatic heterocycles. The Hall–Kier alpha value is -0.340. The molecule has 62 valence electrons. The van der Waals surface area contributed by atoms with Crippen molar-refractivity contribution in [3.8, 4) is 0 Å². The molecule has 2 atom stereocenters. The van der Waals surface area contributed by atoms with Gasteiger partial charge in [0.05, 0.1) is 12.7 Å². The molecule has 1 saturated heterocycles. The Morgan fingerprint density at radius 3 is 2.91 bits per heavy atom. The van der Waals surface area contributed by atoms with Crippen molar-refractivity contribution in [1.29, 1.82) is 0 Å². The van der Waals surface area contributed by atoms with E-state index in [1.54, 1.807) is 0 Å². The fourth-order valence-corrected chi connectivity index (χ4v) is 1.90. The highest BCUT2D eigenvalue weighted by molar-refractivity contribution is 5.15. The van der Waals surface area contributed by atoms with Crippen molar-refractivity contribution >= 4 is 0 Å². The highest BCUT2D eigenvalue weighted by Crippen LogP contribution is 2.30. The summed E-state index contributed by atoms with van der Waals surface area (Å²) in [6.45, 7) is 1.77. The molecule has 0 spiro atoms. The fourth-order valence-electron chi connectivity index (χ4n) is 1.90. The van der Waals surface area contributed by atoms with Gasteiger partial charge in [-0.1, -0.05) is 11.6 Å². The first kappa shape index (κ1) is 7.32. The average Bonchev–Trinajstić information content (AvgIpc) is 2.55. The van der Waals surface area contributed by atoms with Gasteiger partial charge in [-0.2, -0.15) is 0 Å². The molecule has 2 aliphatic rings. The third kappa shape index (κ3) is 1.47. The second-order valence-electron chi connectivity index (χ2n) is 3.41. The van der Waals surface area contributed by atoms with Crippen LogP contribution in [-0.2, 0) is 4.74 Å². The molecule has 0 aromatic carbocycles. The summed E-state index contributed by atoms with van der Waals surface area (Å²) in [5.41, 5.74) is 1.43. The van der Waals surface area contributed by atoms with Crippen LogP contribution < -0.4 is 0 Å². The van der Waals surface area contributed by atoms with E-state index in [2.05, 4.69) is 0 Å². The van der Waals surface area contributed by atoms with Gasteiger partial charge in [0.1, 0.15) is 0 Å². The number of rotatable bonds is 1. The van der Waals surface area contributed by atoms with Crippen LogP contribution in [0.15, 0.2) is 11.6 Å². The summed E-state index contributed by atoms with van der Waals surface area (Å²) in [6.07, 6.45) is 4.99. The molecule has 1 aliphatic heterocycles. The topological polar surface area (TPSA) is 29.5 Å². The predicted molar refractivity (Wildman–Crippen MR) is 42.2 cm³/mol. The molecule has 2 rings (SSSR count). The van der Waals surface area contributed by atoms with Crippen molar-refractivity contribution in [1.82, 2.24) is 0 Å². The van der Waals surface area contributed by atoms with Gasteiger partial charge in [0.2, 0.25) is 0 Å². The highest BCUT2D eigenvalue weighted by Gasteiger charge is 2.24. The molecule has 0 bridgehead atoms. The number of aliphatic hydroxyl groups is 1. The van der Waals surface area contributed by atoms with E-state index >= 15 is 0 Å². The molecule has 11 heavy (non-hydrogen) atoms. The second kappa shape index (κ2) is 2.95. The van der Waals surface area contributed by atoms with Gasteiger partial charge in [-0.05, 0) is 19.3 Å². The zero-order valence-corrected chi connectivity index (χ0v) is 6.62. The van der Waals surface area contributed by atoms with Crippen molar-refractivity contribution < 1.29 is 9.84 Å². The van der Waals surface area contributed by atoms with Crippen LogP contribution in [0.1, 0.15) is 19.3 Å². The maximum absolute atomic E-state index is 9.24. The van der Waals surface area contributed by atoms with Gasteiger partial charge in [0, 0.05) is 12.5 Å². The Morgan fingerprint density at radius 2 is 2.36 bits per heavy atom. The Labute approximate surface area is 66.9 Å². The SMILES string of the molecule is OC1C=C(C2CCOC2)CC1. The van der Waals surface area contributed by atoms with Gasteiger partial charge < -0.3 is 9.84 Å². The van der Waals surface area contributed by atoms with Crippen molar-refractivity contribution in [2.45, 2.75) is 25.4 Å². The van der Waals surface area contributed by atoms with Crippen molar-refractivity contribution in [3.05, 3.63) is 11.6 Å². The van der Waals surface area contributed by atoms with Crippen LogP contribution in [0, 0.1) is 5.92 Å². The predicted octanol–water partition coefficient (Wildman–Crippen LogP) is 1.10. The van der Waals surface area contributed by atoms with Gasteiger partial charge in [-0.15, -0.1) is 0 Å². The Morgan fingerprint density at radius 1 is 1.45 bits per heavy atom. The normalized spacial score (nSPS) is 37.7. The summed E-state index contributed by atoms with van der Waals surface area (Å²) in [6, 6.07) is 0. The van der Waals surface area contributed by atoms with Gasteiger partial charge in [0.25, 0.3) is 0 Å². The van der Waals surface area contributed by atoms with E-state index in [9.17, 15) is 5.11 Å². The third-order valence-corrected chi connectivity index (χ3v) is 2.59. The largest absolute Gasteiger partial charge is 0.389 e. The molecule has 2 heteroatoms. The number of ether oxygens (including phenoxy) is 1. The molecule has 1 N–H and O–H groups in total. The first-order chi connectivity index (χ1) is 5.36. The zero-order chi connectivity index (χ0) is 7.68. The molecule has 1 heterocycles. The third-order valence-electron chi connectivity index (χ3n) is 2.59. The molecule has 0 saturated carbocycles. The van der Waals surface area contributed by atoms with E-state index in [4.69, 9.17) is 4.74 Å². The minimum absolute atomic E-state index is 0.175. The summed E-state index contributed by atoms with van der Waals surface area (Å²) < 4.78 is 5.28. The van der Waals surface area contributed by atoms with Crippen molar-refractivity contribution in [2.24, 2.45) is 5.92 Å². The minimum atomic E-state index is -0.175. The number of aliphatic hydroxyl groups excluding tert-OH is 1. The molecule has 1 fully saturated rings. The lowest BCUT2D eigenvalue weighted by atomic mass is 9.98. The van der Waals surface area contributed by atoms with Crippen LogP contribution in [0.2, 0.25) is 0 Å². The molecule has 0 radical (unpaired) electrons. The summed E-state index contributed by atoms with van der Waals surface area (Å²) in [5, 5.41) is 9.24. The van der Waals surface area contributed by atoms with Gasteiger partial charge in [-0.3, -0.25) is 0 Å². The Kier molecular flexibility index (Phi) is 1.96. The maximum atomic E-state index is 9.24. The van der Waals surface area contributed by atoms with Crippen LogP contribution >= 0.6 is 0 Å². The molecule has 1 aliphatic carbocycles. The van der Waals surface area contributed by atoms with Crippen LogP contribution in [-0.4, -0.2) is 24.4 Å². The summed E-state index contributed by atoms with van der Waals surface area (Å²) in [5.74, 6) is 0.618. The standard InChI is InChI=1S/C9H14O2/c10-9-2-1-7(5-9)8-3-4-11-6-8/h5,8-10H,1-4,6H2. The van der Waals surface area contributed by atoms with Crippen LogP contribution in [0.3, 0.4) is 0 Å². The van der Waals surface area contributed by atoms with E-state index in [0.717, 1.165) is 32.5 Å². The first-order valence-electron chi connectivity index (χ1n) is 4.32. The van der Waals surface area contributed by atoms with E-state index in [1.807, 2.05) is 6.08 Å². The zero-order valence-electron chi connectivity index (χ0n) is 6.62. The molecular formula is C9H14O2. The van der Waals surface area contributed by atoms with Crippen LogP contribution in [0.4, 0.5) is 0 Å². The maximum Gasteiger partial charge on any atom is 0.0726 e.